The molecule has 1 aliphatic heterocycles. The van der Waals surface area contributed by atoms with Gasteiger partial charge in [0.2, 0.25) is 5.91 Å². The molecule has 6 nitrogen and oxygen atoms in total. The van der Waals surface area contributed by atoms with E-state index in [9.17, 15) is 4.79 Å². The summed E-state index contributed by atoms with van der Waals surface area (Å²) in [6.07, 6.45) is 1.10. The molecule has 106 valence electrons. The van der Waals surface area contributed by atoms with Crippen LogP contribution in [-0.2, 0) is 16.0 Å². The van der Waals surface area contributed by atoms with Crippen LogP contribution in [0.25, 0.3) is 0 Å². The van der Waals surface area contributed by atoms with E-state index in [-0.39, 0.29) is 24.3 Å². The van der Waals surface area contributed by atoms with Gasteiger partial charge >= 0.3 is 0 Å². The summed E-state index contributed by atoms with van der Waals surface area (Å²) in [6, 6.07) is 0.240. The zero-order chi connectivity index (χ0) is 14.0. The fraction of sp³-hybridized carbons (Fsp3) is 0.769. The van der Waals surface area contributed by atoms with E-state index in [1.54, 1.807) is 0 Å². The van der Waals surface area contributed by atoms with E-state index in [1.807, 2.05) is 4.68 Å². The van der Waals surface area contributed by atoms with Crippen molar-refractivity contribution in [1.82, 2.24) is 15.0 Å². The first-order valence-electron chi connectivity index (χ1n) is 6.80. The van der Waals surface area contributed by atoms with Gasteiger partial charge in [0.15, 0.2) is 0 Å². The lowest BCUT2D eigenvalue weighted by Crippen LogP contribution is -2.20. The highest BCUT2D eigenvalue weighted by atomic mass is 16.5. The van der Waals surface area contributed by atoms with Crippen LogP contribution in [0.3, 0.4) is 0 Å². The first kappa shape index (κ1) is 14.0. The van der Waals surface area contributed by atoms with Crippen LogP contribution >= 0.6 is 0 Å². The monoisotopic (exact) mass is 266 g/mol. The van der Waals surface area contributed by atoms with Gasteiger partial charge in [-0.3, -0.25) is 4.79 Å². The third-order valence-corrected chi connectivity index (χ3v) is 3.81. The van der Waals surface area contributed by atoms with Crippen LogP contribution in [0.5, 0.6) is 0 Å². The van der Waals surface area contributed by atoms with E-state index in [0.717, 1.165) is 18.7 Å². The molecule has 1 aliphatic rings. The van der Waals surface area contributed by atoms with Gasteiger partial charge in [-0.15, -0.1) is 5.10 Å². The molecule has 1 aromatic heterocycles. The van der Waals surface area contributed by atoms with Crippen LogP contribution < -0.4 is 5.73 Å². The zero-order valence-corrected chi connectivity index (χ0v) is 11.8. The lowest BCUT2D eigenvalue weighted by molar-refractivity contribution is -0.117. The average molecular weight is 266 g/mol. The number of nitrogens with zero attached hydrogens (tertiary/aromatic N) is 3. The number of carbonyl (C=O) groups is 1. The van der Waals surface area contributed by atoms with E-state index in [4.69, 9.17) is 10.5 Å². The minimum atomic E-state index is -0.371. The van der Waals surface area contributed by atoms with E-state index < -0.39 is 0 Å². The highest BCUT2D eigenvalue weighted by Crippen LogP contribution is 2.30. The van der Waals surface area contributed by atoms with Crippen molar-refractivity contribution in [3.05, 3.63) is 11.4 Å². The first-order valence-corrected chi connectivity index (χ1v) is 6.80. The van der Waals surface area contributed by atoms with Crippen molar-refractivity contribution >= 4 is 5.91 Å². The van der Waals surface area contributed by atoms with Gasteiger partial charge in [-0.2, -0.15) is 0 Å². The molecule has 0 bridgehead atoms. The number of amides is 1. The highest BCUT2D eigenvalue weighted by molar-refractivity contribution is 5.76. The molecular formula is C13H22N4O2. The molecule has 1 saturated heterocycles. The van der Waals surface area contributed by atoms with E-state index in [1.165, 1.54) is 0 Å². The zero-order valence-electron chi connectivity index (χ0n) is 11.8. The Labute approximate surface area is 113 Å². The maximum atomic E-state index is 11.2. The number of hydrogen-bond donors (Lipinski definition) is 1. The van der Waals surface area contributed by atoms with Crippen molar-refractivity contribution in [2.75, 3.05) is 13.2 Å². The molecule has 2 rings (SSSR count). The molecular weight excluding hydrogens is 244 g/mol. The molecule has 2 N–H and O–H groups in total. The summed E-state index contributed by atoms with van der Waals surface area (Å²) in [6.45, 7) is 7.84. The topological polar surface area (TPSA) is 83.0 Å². The Hall–Kier alpha value is -1.43. The van der Waals surface area contributed by atoms with Gasteiger partial charge in [-0.25, -0.2) is 4.68 Å². The summed E-state index contributed by atoms with van der Waals surface area (Å²) in [7, 11) is 0. The van der Waals surface area contributed by atoms with Gasteiger partial charge in [0, 0.05) is 12.5 Å². The summed E-state index contributed by atoms with van der Waals surface area (Å²) in [5.74, 6) is 0.346. The SMILES string of the molecule is CC(C)C(C)n1nnc(CC(N)=O)c1C1CCOC1. The van der Waals surface area contributed by atoms with Crippen LogP contribution in [0.15, 0.2) is 0 Å². The second-order valence-electron chi connectivity index (χ2n) is 5.55. The van der Waals surface area contributed by atoms with Crippen LogP contribution in [-0.4, -0.2) is 34.1 Å². The molecule has 6 heteroatoms. The maximum absolute atomic E-state index is 11.2. The number of rotatable bonds is 5. The van der Waals surface area contributed by atoms with Gasteiger partial charge in [0.25, 0.3) is 0 Å². The minimum absolute atomic E-state index is 0.149. The summed E-state index contributed by atoms with van der Waals surface area (Å²) in [5.41, 5.74) is 7.02. The highest BCUT2D eigenvalue weighted by Gasteiger charge is 2.29. The van der Waals surface area contributed by atoms with E-state index >= 15 is 0 Å². The fourth-order valence-electron chi connectivity index (χ4n) is 2.38. The van der Waals surface area contributed by atoms with Gasteiger partial charge in [0.1, 0.15) is 0 Å². The van der Waals surface area contributed by atoms with Gasteiger partial charge in [0.05, 0.1) is 30.5 Å². The van der Waals surface area contributed by atoms with Crippen LogP contribution in [0, 0.1) is 5.92 Å². The van der Waals surface area contributed by atoms with Crippen LogP contribution in [0.4, 0.5) is 0 Å². The van der Waals surface area contributed by atoms with Crippen molar-refractivity contribution in [2.45, 2.75) is 45.6 Å². The second kappa shape index (κ2) is 5.69. The minimum Gasteiger partial charge on any atom is -0.381 e. The van der Waals surface area contributed by atoms with Crippen molar-refractivity contribution in [3.8, 4) is 0 Å². The third kappa shape index (κ3) is 2.94. The van der Waals surface area contributed by atoms with Crippen LogP contribution in [0.1, 0.15) is 50.5 Å². The molecule has 0 spiro atoms. The molecule has 1 fully saturated rings. The molecule has 0 saturated carbocycles. The summed E-state index contributed by atoms with van der Waals surface area (Å²) < 4.78 is 7.40. The summed E-state index contributed by atoms with van der Waals surface area (Å²) in [5, 5.41) is 8.40. The third-order valence-electron chi connectivity index (χ3n) is 3.81. The summed E-state index contributed by atoms with van der Waals surface area (Å²) in [4.78, 5) is 11.2. The van der Waals surface area contributed by atoms with E-state index in [2.05, 4.69) is 31.1 Å². The number of carbonyl (C=O) groups excluding carboxylic acids is 1. The van der Waals surface area contributed by atoms with Gasteiger partial charge in [-0.05, 0) is 19.3 Å². The van der Waals surface area contributed by atoms with Crippen molar-refractivity contribution in [3.63, 3.8) is 0 Å². The molecule has 1 amide bonds. The van der Waals surface area contributed by atoms with E-state index in [0.29, 0.717) is 18.2 Å². The average Bonchev–Trinajstić information content (AvgIpc) is 2.95. The standard InChI is InChI=1S/C13H22N4O2/c1-8(2)9(3)17-13(10-4-5-19-7-10)11(15-16-17)6-12(14)18/h8-10H,4-7H2,1-3H3,(H2,14,18). The number of ether oxygens (including phenoxy) is 1. The molecule has 0 aliphatic carbocycles. The predicted octanol–water partition coefficient (Wildman–Crippen LogP) is 1.03. The van der Waals surface area contributed by atoms with Crippen LogP contribution in [0.2, 0.25) is 0 Å². The Morgan fingerprint density at radius 3 is 2.79 bits per heavy atom. The lowest BCUT2D eigenvalue weighted by Gasteiger charge is -2.20. The Bertz CT molecular complexity index is 449. The van der Waals surface area contributed by atoms with Crippen molar-refractivity contribution < 1.29 is 9.53 Å². The Balaban J connectivity index is 2.37. The predicted molar refractivity (Wildman–Crippen MR) is 70.6 cm³/mol. The fourth-order valence-corrected chi connectivity index (χ4v) is 2.38. The quantitative estimate of drug-likeness (QED) is 0.862. The molecule has 2 heterocycles. The maximum Gasteiger partial charge on any atom is 0.223 e. The Morgan fingerprint density at radius 1 is 1.53 bits per heavy atom. The number of hydrogen-bond acceptors (Lipinski definition) is 4. The molecule has 1 aromatic rings. The van der Waals surface area contributed by atoms with Gasteiger partial charge in [-0.1, -0.05) is 19.1 Å². The molecule has 19 heavy (non-hydrogen) atoms. The van der Waals surface area contributed by atoms with Crippen molar-refractivity contribution in [2.24, 2.45) is 11.7 Å². The summed E-state index contributed by atoms with van der Waals surface area (Å²) >= 11 is 0. The number of aromatic nitrogens is 3. The molecule has 0 radical (unpaired) electrons. The van der Waals surface area contributed by atoms with Crippen molar-refractivity contribution in [1.29, 1.82) is 0 Å². The molecule has 0 aromatic carbocycles. The normalized spacial score (nSPS) is 20.9. The first-order chi connectivity index (χ1) is 9.00. The number of primary amides is 1. The molecule has 2 unspecified atom stereocenters. The second-order valence-corrected chi connectivity index (χ2v) is 5.55. The Morgan fingerprint density at radius 2 is 2.26 bits per heavy atom. The van der Waals surface area contributed by atoms with Gasteiger partial charge < -0.3 is 10.5 Å². The Kier molecular flexibility index (Phi) is 4.19. The number of nitrogens with two attached hydrogens (primary N) is 1. The smallest absolute Gasteiger partial charge is 0.223 e. The molecule has 2 atom stereocenters. The largest absolute Gasteiger partial charge is 0.381 e. The lowest BCUT2D eigenvalue weighted by atomic mass is 9.99.